The third kappa shape index (κ3) is 3.01. The lowest BCUT2D eigenvalue weighted by Gasteiger charge is -2.32. The SMILES string of the molecule is COCCN1CCO[C@@H](c2ccccn2)C1. The Bertz CT molecular complexity index is 305. The first kappa shape index (κ1) is 11.5. The molecule has 0 saturated carbocycles. The van der Waals surface area contributed by atoms with Gasteiger partial charge in [0, 0.05) is 32.9 Å². The summed E-state index contributed by atoms with van der Waals surface area (Å²) in [4.78, 5) is 6.69. The number of nitrogens with zero attached hydrogens (tertiary/aromatic N) is 2. The molecule has 0 amide bonds. The number of methoxy groups -OCH3 is 1. The van der Waals surface area contributed by atoms with Crippen molar-refractivity contribution in [2.75, 3.05) is 40.0 Å². The van der Waals surface area contributed by atoms with Crippen molar-refractivity contribution < 1.29 is 9.47 Å². The first-order chi connectivity index (χ1) is 7.90. The van der Waals surface area contributed by atoms with Gasteiger partial charge in [0.15, 0.2) is 0 Å². The summed E-state index contributed by atoms with van der Waals surface area (Å²) in [6, 6.07) is 5.94. The lowest BCUT2D eigenvalue weighted by molar-refractivity contribution is -0.0375. The Morgan fingerprint density at radius 1 is 1.56 bits per heavy atom. The molecule has 1 aromatic heterocycles. The van der Waals surface area contributed by atoms with Gasteiger partial charge in [-0.25, -0.2) is 0 Å². The van der Waals surface area contributed by atoms with E-state index in [1.165, 1.54) is 0 Å². The van der Waals surface area contributed by atoms with Crippen LogP contribution in [0.25, 0.3) is 0 Å². The van der Waals surface area contributed by atoms with E-state index in [1.54, 1.807) is 7.11 Å². The highest BCUT2D eigenvalue weighted by molar-refractivity contribution is 5.08. The third-order valence-electron chi connectivity index (χ3n) is 2.78. The Labute approximate surface area is 96.2 Å². The van der Waals surface area contributed by atoms with Gasteiger partial charge in [0.1, 0.15) is 6.10 Å². The number of rotatable bonds is 4. The van der Waals surface area contributed by atoms with Crippen molar-refractivity contribution in [3.8, 4) is 0 Å². The van der Waals surface area contributed by atoms with Crippen LogP contribution in [0.4, 0.5) is 0 Å². The molecule has 1 fully saturated rings. The van der Waals surface area contributed by atoms with Crippen molar-refractivity contribution in [2.45, 2.75) is 6.10 Å². The molecule has 1 aromatic rings. The van der Waals surface area contributed by atoms with E-state index in [1.807, 2.05) is 24.4 Å². The van der Waals surface area contributed by atoms with E-state index in [0.29, 0.717) is 0 Å². The van der Waals surface area contributed by atoms with Crippen molar-refractivity contribution >= 4 is 0 Å². The van der Waals surface area contributed by atoms with E-state index in [0.717, 1.165) is 38.5 Å². The van der Waals surface area contributed by atoms with Gasteiger partial charge < -0.3 is 9.47 Å². The molecule has 0 radical (unpaired) electrons. The predicted octanol–water partition coefficient (Wildman–Crippen LogP) is 1.10. The molecule has 2 heterocycles. The zero-order valence-electron chi connectivity index (χ0n) is 9.63. The van der Waals surface area contributed by atoms with E-state index in [2.05, 4.69) is 9.88 Å². The first-order valence-electron chi connectivity index (χ1n) is 5.64. The Kier molecular flexibility index (Phi) is 4.27. The topological polar surface area (TPSA) is 34.6 Å². The third-order valence-corrected chi connectivity index (χ3v) is 2.78. The molecule has 1 aliphatic rings. The summed E-state index contributed by atoms with van der Waals surface area (Å²) in [5, 5.41) is 0. The van der Waals surface area contributed by atoms with Crippen molar-refractivity contribution in [3.05, 3.63) is 30.1 Å². The number of pyridine rings is 1. The molecular formula is C12H18N2O2. The summed E-state index contributed by atoms with van der Waals surface area (Å²) in [6.45, 7) is 4.39. The molecule has 0 spiro atoms. The molecule has 16 heavy (non-hydrogen) atoms. The Hall–Kier alpha value is -0.970. The zero-order chi connectivity index (χ0) is 11.2. The van der Waals surface area contributed by atoms with Crippen LogP contribution in [0.15, 0.2) is 24.4 Å². The van der Waals surface area contributed by atoms with Crippen LogP contribution in [0.5, 0.6) is 0 Å². The maximum absolute atomic E-state index is 5.73. The smallest absolute Gasteiger partial charge is 0.112 e. The average molecular weight is 222 g/mol. The summed E-state index contributed by atoms with van der Waals surface area (Å²) in [6.07, 6.45) is 1.92. The number of aromatic nitrogens is 1. The minimum Gasteiger partial charge on any atom is -0.383 e. The summed E-state index contributed by atoms with van der Waals surface area (Å²) >= 11 is 0. The minimum atomic E-state index is 0.104. The molecule has 0 N–H and O–H groups in total. The first-order valence-corrected chi connectivity index (χ1v) is 5.64. The van der Waals surface area contributed by atoms with Crippen LogP contribution in [0.1, 0.15) is 11.8 Å². The number of hydrogen-bond acceptors (Lipinski definition) is 4. The van der Waals surface area contributed by atoms with E-state index >= 15 is 0 Å². The summed E-state index contributed by atoms with van der Waals surface area (Å²) in [5.74, 6) is 0. The van der Waals surface area contributed by atoms with E-state index in [-0.39, 0.29) is 6.10 Å². The normalized spacial score (nSPS) is 22.2. The molecule has 0 bridgehead atoms. The van der Waals surface area contributed by atoms with Crippen LogP contribution in [0, 0.1) is 0 Å². The van der Waals surface area contributed by atoms with Gasteiger partial charge in [0.25, 0.3) is 0 Å². The molecule has 4 nitrogen and oxygen atoms in total. The van der Waals surface area contributed by atoms with Crippen LogP contribution in [-0.2, 0) is 9.47 Å². The number of morpholine rings is 1. The van der Waals surface area contributed by atoms with E-state index < -0.39 is 0 Å². The van der Waals surface area contributed by atoms with Gasteiger partial charge in [-0.05, 0) is 12.1 Å². The summed E-state index contributed by atoms with van der Waals surface area (Å²) in [5.41, 5.74) is 1.02. The van der Waals surface area contributed by atoms with E-state index in [4.69, 9.17) is 9.47 Å². The fourth-order valence-electron chi connectivity index (χ4n) is 1.87. The van der Waals surface area contributed by atoms with E-state index in [9.17, 15) is 0 Å². The van der Waals surface area contributed by atoms with Crippen molar-refractivity contribution in [2.24, 2.45) is 0 Å². The molecule has 0 aromatic carbocycles. The Balaban J connectivity index is 1.91. The van der Waals surface area contributed by atoms with Gasteiger partial charge in [0.2, 0.25) is 0 Å². The van der Waals surface area contributed by atoms with Crippen LogP contribution < -0.4 is 0 Å². The second-order valence-corrected chi connectivity index (χ2v) is 3.91. The molecule has 88 valence electrons. The largest absolute Gasteiger partial charge is 0.383 e. The lowest BCUT2D eigenvalue weighted by atomic mass is 10.2. The van der Waals surface area contributed by atoms with Crippen molar-refractivity contribution in [3.63, 3.8) is 0 Å². The molecule has 1 atom stereocenters. The quantitative estimate of drug-likeness (QED) is 0.764. The predicted molar refractivity (Wildman–Crippen MR) is 61.2 cm³/mol. The van der Waals surface area contributed by atoms with Gasteiger partial charge in [-0.15, -0.1) is 0 Å². The van der Waals surface area contributed by atoms with Crippen LogP contribution in [0.3, 0.4) is 0 Å². The van der Waals surface area contributed by atoms with Gasteiger partial charge in [0.05, 0.1) is 18.9 Å². The average Bonchev–Trinajstić information content (AvgIpc) is 2.38. The molecule has 2 rings (SSSR count). The molecular weight excluding hydrogens is 204 g/mol. The highest BCUT2D eigenvalue weighted by Crippen LogP contribution is 2.19. The highest BCUT2D eigenvalue weighted by atomic mass is 16.5. The van der Waals surface area contributed by atoms with Crippen LogP contribution >= 0.6 is 0 Å². The second kappa shape index (κ2) is 5.94. The van der Waals surface area contributed by atoms with Crippen molar-refractivity contribution in [1.29, 1.82) is 0 Å². The zero-order valence-corrected chi connectivity index (χ0v) is 9.63. The van der Waals surface area contributed by atoms with Gasteiger partial charge in [-0.2, -0.15) is 0 Å². The second-order valence-electron chi connectivity index (χ2n) is 3.91. The van der Waals surface area contributed by atoms with Crippen LogP contribution in [0.2, 0.25) is 0 Å². The number of hydrogen-bond donors (Lipinski definition) is 0. The molecule has 0 aliphatic carbocycles. The monoisotopic (exact) mass is 222 g/mol. The minimum absolute atomic E-state index is 0.104. The molecule has 4 heteroatoms. The van der Waals surface area contributed by atoms with Gasteiger partial charge >= 0.3 is 0 Å². The Morgan fingerprint density at radius 2 is 2.50 bits per heavy atom. The van der Waals surface area contributed by atoms with Gasteiger partial charge in [-0.3, -0.25) is 9.88 Å². The maximum atomic E-state index is 5.73. The molecule has 0 unspecified atom stereocenters. The number of ether oxygens (including phenoxy) is 2. The summed E-state index contributed by atoms with van der Waals surface area (Å²) in [7, 11) is 1.73. The van der Waals surface area contributed by atoms with Gasteiger partial charge in [-0.1, -0.05) is 6.07 Å². The summed E-state index contributed by atoms with van der Waals surface area (Å²) < 4.78 is 10.8. The highest BCUT2D eigenvalue weighted by Gasteiger charge is 2.22. The van der Waals surface area contributed by atoms with Crippen LogP contribution in [-0.4, -0.2) is 49.8 Å². The van der Waals surface area contributed by atoms with Crippen molar-refractivity contribution in [1.82, 2.24) is 9.88 Å². The lowest BCUT2D eigenvalue weighted by Crippen LogP contribution is -2.40. The molecule has 1 aliphatic heterocycles. The standard InChI is InChI=1S/C12H18N2O2/c1-15-8-6-14-7-9-16-12(10-14)11-4-2-3-5-13-11/h2-5,12H,6-10H2,1H3/t12-/m1/s1. The Morgan fingerprint density at radius 3 is 3.25 bits per heavy atom. The fourth-order valence-corrected chi connectivity index (χ4v) is 1.87. The fraction of sp³-hybridized carbons (Fsp3) is 0.583. The molecule has 1 saturated heterocycles. The maximum Gasteiger partial charge on any atom is 0.112 e.